The number of nitrogens with zero attached hydrogens (tertiary/aromatic N) is 2. The Hall–Kier alpha value is -2.60. The van der Waals surface area contributed by atoms with Gasteiger partial charge in [0.2, 0.25) is 0 Å². The Morgan fingerprint density at radius 2 is 1.83 bits per heavy atom. The van der Waals surface area contributed by atoms with E-state index in [1.165, 1.54) is 24.1 Å². The molecular formula is C23H30N4OS. The molecule has 154 valence electrons. The van der Waals surface area contributed by atoms with Gasteiger partial charge in [-0.15, -0.1) is 0 Å². The number of carbonyl (C=O) groups excluding carboxylic acids is 1. The van der Waals surface area contributed by atoms with Crippen molar-refractivity contribution >= 4 is 34.6 Å². The van der Waals surface area contributed by atoms with Crippen LogP contribution in [0.4, 0.5) is 11.4 Å². The molecule has 1 unspecified atom stereocenters. The van der Waals surface area contributed by atoms with Crippen molar-refractivity contribution in [1.29, 1.82) is 0 Å². The van der Waals surface area contributed by atoms with Crippen LogP contribution in [0.2, 0.25) is 0 Å². The van der Waals surface area contributed by atoms with Gasteiger partial charge < -0.3 is 20.4 Å². The monoisotopic (exact) mass is 410 g/mol. The van der Waals surface area contributed by atoms with Gasteiger partial charge in [-0.2, -0.15) is 0 Å². The predicted octanol–water partition coefficient (Wildman–Crippen LogP) is 4.11. The Morgan fingerprint density at radius 3 is 2.45 bits per heavy atom. The molecular weight excluding hydrogens is 380 g/mol. The van der Waals surface area contributed by atoms with Gasteiger partial charge >= 0.3 is 0 Å². The summed E-state index contributed by atoms with van der Waals surface area (Å²) in [6.07, 6.45) is 2.60. The lowest BCUT2D eigenvalue weighted by molar-refractivity contribution is 0.0827. The number of benzene rings is 2. The maximum absolute atomic E-state index is 11.9. The number of amides is 1. The molecule has 0 aliphatic carbocycles. The normalized spacial score (nSPS) is 16.2. The minimum atomic E-state index is -0.0142. The molecule has 0 saturated carbocycles. The van der Waals surface area contributed by atoms with Crippen LogP contribution in [0, 0.1) is 5.92 Å². The molecule has 2 N–H and O–H groups in total. The predicted molar refractivity (Wildman–Crippen MR) is 125 cm³/mol. The molecule has 1 aliphatic rings. The van der Waals surface area contributed by atoms with Gasteiger partial charge in [-0.25, -0.2) is 0 Å². The van der Waals surface area contributed by atoms with Crippen LogP contribution in [-0.4, -0.2) is 43.1 Å². The molecule has 29 heavy (non-hydrogen) atoms. The Labute approximate surface area is 179 Å². The van der Waals surface area contributed by atoms with Crippen LogP contribution in [0.25, 0.3) is 0 Å². The van der Waals surface area contributed by atoms with Crippen LogP contribution in [0.1, 0.15) is 35.7 Å². The molecule has 1 amide bonds. The van der Waals surface area contributed by atoms with E-state index in [-0.39, 0.29) is 5.91 Å². The summed E-state index contributed by atoms with van der Waals surface area (Å²) in [6, 6.07) is 16.0. The van der Waals surface area contributed by atoms with Crippen LogP contribution in [-0.2, 0) is 6.54 Å². The van der Waals surface area contributed by atoms with E-state index in [1.54, 1.807) is 31.1 Å². The van der Waals surface area contributed by atoms with Gasteiger partial charge in [-0.05, 0) is 72.9 Å². The SMILES string of the molecule is CC1CCCN(c2ccc(CNC(=S)Nc3ccc(C(=O)N(C)C)cc3)cc2)C1. The molecule has 3 rings (SSSR count). The lowest BCUT2D eigenvalue weighted by Gasteiger charge is -2.32. The van der Waals surface area contributed by atoms with E-state index in [4.69, 9.17) is 12.2 Å². The Balaban J connectivity index is 1.48. The van der Waals surface area contributed by atoms with E-state index < -0.39 is 0 Å². The maximum Gasteiger partial charge on any atom is 0.253 e. The van der Waals surface area contributed by atoms with Gasteiger partial charge in [0.25, 0.3) is 5.91 Å². The fraction of sp³-hybridized carbons (Fsp3) is 0.391. The van der Waals surface area contributed by atoms with Crippen molar-refractivity contribution in [1.82, 2.24) is 10.2 Å². The van der Waals surface area contributed by atoms with Gasteiger partial charge in [0.05, 0.1) is 0 Å². The van der Waals surface area contributed by atoms with Gasteiger partial charge in [-0.3, -0.25) is 4.79 Å². The first-order valence-electron chi connectivity index (χ1n) is 10.1. The highest BCUT2D eigenvalue weighted by molar-refractivity contribution is 7.80. The van der Waals surface area contributed by atoms with E-state index in [0.717, 1.165) is 24.7 Å². The summed E-state index contributed by atoms with van der Waals surface area (Å²) in [4.78, 5) is 16.0. The summed E-state index contributed by atoms with van der Waals surface area (Å²) < 4.78 is 0. The van der Waals surface area contributed by atoms with Crippen LogP contribution in [0.5, 0.6) is 0 Å². The van der Waals surface area contributed by atoms with Crippen LogP contribution in [0.3, 0.4) is 0 Å². The molecule has 1 atom stereocenters. The molecule has 2 aromatic rings. The summed E-state index contributed by atoms with van der Waals surface area (Å²) in [5.74, 6) is 0.753. The van der Waals surface area contributed by atoms with Gasteiger partial charge in [0.1, 0.15) is 0 Å². The van der Waals surface area contributed by atoms with E-state index >= 15 is 0 Å². The number of carbonyl (C=O) groups is 1. The standard InChI is InChI=1S/C23H30N4OS/c1-17-5-4-14-27(16-17)21-12-6-18(7-13-21)15-24-23(29)25-20-10-8-19(9-11-20)22(28)26(2)3/h6-13,17H,4-5,14-16H2,1-3H3,(H2,24,25,29). The lowest BCUT2D eigenvalue weighted by Crippen LogP contribution is -2.34. The molecule has 5 nitrogen and oxygen atoms in total. The second-order valence-electron chi connectivity index (χ2n) is 7.94. The summed E-state index contributed by atoms with van der Waals surface area (Å²) in [7, 11) is 3.49. The number of hydrogen-bond acceptors (Lipinski definition) is 3. The third-order valence-electron chi connectivity index (χ3n) is 5.21. The number of anilines is 2. The van der Waals surface area contributed by atoms with Crippen molar-refractivity contribution in [2.45, 2.75) is 26.3 Å². The molecule has 1 saturated heterocycles. The highest BCUT2D eigenvalue weighted by Gasteiger charge is 2.16. The third kappa shape index (κ3) is 5.94. The Morgan fingerprint density at radius 1 is 1.14 bits per heavy atom. The Kier molecular flexibility index (Phi) is 7.09. The molecule has 1 fully saturated rings. The lowest BCUT2D eigenvalue weighted by atomic mass is 9.99. The van der Waals surface area contributed by atoms with Crippen molar-refractivity contribution in [2.75, 3.05) is 37.4 Å². The largest absolute Gasteiger partial charge is 0.371 e. The van der Waals surface area contributed by atoms with Crippen LogP contribution in [0.15, 0.2) is 48.5 Å². The van der Waals surface area contributed by atoms with E-state index in [1.807, 2.05) is 12.1 Å². The Bertz CT molecular complexity index is 833. The van der Waals surface area contributed by atoms with E-state index in [2.05, 4.69) is 46.7 Å². The molecule has 1 heterocycles. The highest BCUT2D eigenvalue weighted by atomic mass is 32.1. The van der Waals surface area contributed by atoms with Gasteiger partial charge in [0, 0.05) is 50.7 Å². The molecule has 6 heteroatoms. The third-order valence-corrected chi connectivity index (χ3v) is 5.45. The van der Waals surface area contributed by atoms with Crippen molar-refractivity contribution in [3.63, 3.8) is 0 Å². The molecule has 2 aromatic carbocycles. The summed E-state index contributed by atoms with van der Waals surface area (Å²) in [5.41, 5.74) is 4.00. The zero-order valence-electron chi connectivity index (χ0n) is 17.4. The fourth-order valence-corrected chi connectivity index (χ4v) is 3.75. The second kappa shape index (κ2) is 9.74. The molecule has 0 aromatic heterocycles. The quantitative estimate of drug-likeness (QED) is 0.727. The van der Waals surface area contributed by atoms with Gasteiger partial charge in [0.15, 0.2) is 5.11 Å². The average Bonchev–Trinajstić information content (AvgIpc) is 2.72. The molecule has 1 aliphatic heterocycles. The fourth-order valence-electron chi connectivity index (χ4n) is 3.56. The number of piperidine rings is 1. The molecule has 0 radical (unpaired) electrons. The first-order chi connectivity index (χ1) is 13.9. The maximum atomic E-state index is 11.9. The smallest absolute Gasteiger partial charge is 0.253 e. The van der Waals surface area contributed by atoms with Gasteiger partial charge in [-0.1, -0.05) is 19.1 Å². The van der Waals surface area contributed by atoms with Crippen molar-refractivity contribution in [3.05, 3.63) is 59.7 Å². The number of thiocarbonyl (C=S) groups is 1. The van der Waals surface area contributed by atoms with E-state index in [0.29, 0.717) is 17.2 Å². The van der Waals surface area contributed by atoms with E-state index in [9.17, 15) is 4.79 Å². The molecule has 0 spiro atoms. The second-order valence-corrected chi connectivity index (χ2v) is 8.35. The van der Waals surface area contributed by atoms with Crippen molar-refractivity contribution in [3.8, 4) is 0 Å². The minimum Gasteiger partial charge on any atom is -0.371 e. The van der Waals surface area contributed by atoms with Crippen LogP contribution < -0.4 is 15.5 Å². The van der Waals surface area contributed by atoms with Crippen LogP contribution >= 0.6 is 12.2 Å². The topological polar surface area (TPSA) is 47.6 Å². The zero-order chi connectivity index (χ0) is 20.8. The summed E-state index contributed by atoms with van der Waals surface area (Å²) in [5, 5.41) is 6.96. The summed E-state index contributed by atoms with van der Waals surface area (Å²) in [6.45, 7) is 5.28. The number of rotatable bonds is 5. The number of nitrogens with one attached hydrogen (secondary N) is 2. The zero-order valence-corrected chi connectivity index (χ0v) is 18.3. The first kappa shape index (κ1) is 21.1. The highest BCUT2D eigenvalue weighted by Crippen LogP contribution is 2.23. The molecule has 0 bridgehead atoms. The average molecular weight is 411 g/mol. The van der Waals surface area contributed by atoms with Crippen molar-refractivity contribution in [2.24, 2.45) is 5.92 Å². The first-order valence-corrected chi connectivity index (χ1v) is 10.5. The number of hydrogen-bond donors (Lipinski definition) is 2. The minimum absolute atomic E-state index is 0.0142. The summed E-state index contributed by atoms with van der Waals surface area (Å²) >= 11 is 5.40. The van der Waals surface area contributed by atoms with Crippen molar-refractivity contribution < 1.29 is 4.79 Å².